The van der Waals surface area contributed by atoms with Crippen molar-refractivity contribution >= 4 is 11.8 Å². The Hall–Kier alpha value is -3.20. The fraction of sp³-hybridized carbons (Fsp3) is 0.364. The van der Waals surface area contributed by atoms with Crippen LogP contribution in [0, 0.1) is 16.7 Å². The summed E-state index contributed by atoms with van der Waals surface area (Å²) in [6.07, 6.45) is 3.80. The van der Waals surface area contributed by atoms with Crippen LogP contribution in [0.15, 0.2) is 48.7 Å². The van der Waals surface area contributed by atoms with E-state index in [0.29, 0.717) is 25.1 Å². The highest BCUT2D eigenvalue weighted by atomic mass is 16.2. The third-order valence-corrected chi connectivity index (χ3v) is 5.88. The molecule has 2 amide bonds. The van der Waals surface area contributed by atoms with E-state index in [-0.39, 0.29) is 17.5 Å². The minimum Gasteiger partial charge on any atom is -0.342 e. The predicted octanol–water partition coefficient (Wildman–Crippen LogP) is 2.26. The Bertz CT molecular complexity index is 920. The van der Waals surface area contributed by atoms with E-state index in [1.165, 1.54) is 11.8 Å². The summed E-state index contributed by atoms with van der Waals surface area (Å²) in [7, 11) is 0. The molecule has 0 saturated carbocycles. The van der Waals surface area contributed by atoms with Crippen molar-refractivity contribution in [2.45, 2.75) is 19.3 Å². The van der Waals surface area contributed by atoms with Gasteiger partial charge in [-0.05, 0) is 37.0 Å². The second-order valence-electron chi connectivity index (χ2n) is 7.58. The smallest absolute Gasteiger partial charge is 0.255 e. The summed E-state index contributed by atoms with van der Waals surface area (Å²) in [4.78, 5) is 33.5. The molecular formula is C22H22N4O2. The number of nitrogens with zero attached hydrogens (tertiary/aromatic N) is 4. The maximum atomic E-state index is 13.1. The lowest BCUT2D eigenvalue weighted by Crippen LogP contribution is -2.39. The van der Waals surface area contributed by atoms with Crippen molar-refractivity contribution < 1.29 is 9.59 Å². The number of carbonyl (C=O) groups is 2. The molecule has 2 aromatic rings. The number of hydrogen-bond donors (Lipinski definition) is 0. The number of aromatic nitrogens is 1. The zero-order chi connectivity index (χ0) is 19.6. The van der Waals surface area contributed by atoms with Gasteiger partial charge in [-0.2, -0.15) is 5.26 Å². The monoisotopic (exact) mass is 374 g/mol. The Kier molecular flexibility index (Phi) is 4.82. The van der Waals surface area contributed by atoms with Crippen LogP contribution in [0.4, 0.5) is 0 Å². The van der Waals surface area contributed by atoms with Gasteiger partial charge in [-0.3, -0.25) is 9.59 Å². The van der Waals surface area contributed by atoms with Crippen molar-refractivity contribution in [1.82, 2.24) is 14.8 Å². The van der Waals surface area contributed by atoms with E-state index in [0.717, 1.165) is 25.9 Å². The molecule has 1 unspecified atom stereocenters. The minimum absolute atomic E-state index is 0.121. The average Bonchev–Trinajstić information content (AvgIpc) is 3.32. The van der Waals surface area contributed by atoms with E-state index in [1.54, 1.807) is 17.0 Å². The number of benzene rings is 1. The van der Waals surface area contributed by atoms with Gasteiger partial charge in [0.25, 0.3) is 5.91 Å². The molecule has 1 aromatic heterocycles. The SMILES string of the molecule is N#Cc1ccc(C(=O)N2CCC3(CCN(CCc4ccccc4)C3=O)C2)cn1. The molecule has 6 nitrogen and oxygen atoms in total. The van der Waals surface area contributed by atoms with Crippen LogP contribution in [0.5, 0.6) is 0 Å². The van der Waals surface area contributed by atoms with Gasteiger partial charge in [-0.1, -0.05) is 30.3 Å². The Morgan fingerprint density at radius 3 is 2.64 bits per heavy atom. The van der Waals surface area contributed by atoms with Crippen molar-refractivity contribution in [3.05, 3.63) is 65.5 Å². The van der Waals surface area contributed by atoms with Crippen molar-refractivity contribution in [2.24, 2.45) is 5.41 Å². The molecule has 142 valence electrons. The number of nitriles is 1. The number of hydrogen-bond acceptors (Lipinski definition) is 4. The molecule has 0 radical (unpaired) electrons. The molecule has 6 heteroatoms. The lowest BCUT2D eigenvalue weighted by Gasteiger charge is -2.23. The van der Waals surface area contributed by atoms with Gasteiger partial charge in [0.15, 0.2) is 0 Å². The highest BCUT2D eigenvalue weighted by Gasteiger charge is 2.51. The van der Waals surface area contributed by atoms with Gasteiger partial charge >= 0.3 is 0 Å². The molecule has 0 bridgehead atoms. The summed E-state index contributed by atoms with van der Waals surface area (Å²) in [5, 5.41) is 8.84. The summed E-state index contributed by atoms with van der Waals surface area (Å²) >= 11 is 0. The normalized spacial score (nSPS) is 21.3. The number of likely N-dealkylation sites (tertiary alicyclic amines) is 2. The van der Waals surface area contributed by atoms with Crippen molar-refractivity contribution in [1.29, 1.82) is 5.26 Å². The van der Waals surface area contributed by atoms with E-state index < -0.39 is 5.41 Å². The Balaban J connectivity index is 1.39. The largest absolute Gasteiger partial charge is 0.342 e. The predicted molar refractivity (Wildman–Crippen MR) is 103 cm³/mol. The molecule has 1 spiro atoms. The van der Waals surface area contributed by atoms with Crippen LogP contribution in [0.25, 0.3) is 0 Å². The van der Waals surface area contributed by atoms with Crippen molar-refractivity contribution in [3.63, 3.8) is 0 Å². The van der Waals surface area contributed by atoms with Gasteiger partial charge in [0, 0.05) is 32.4 Å². The quantitative estimate of drug-likeness (QED) is 0.822. The zero-order valence-corrected chi connectivity index (χ0v) is 15.7. The lowest BCUT2D eigenvalue weighted by molar-refractivity contribution is -0.135. The molecule has 28 heavy (non-hydrogen) atoms. The first-order valence-corrected chi connectivity index (χ1v) is 9.60. The van der Waals surface area contributed by atoms with Gasteiger partial charge in [0.2, 0.25) is 5.91 Å². The molecule has 1 atom stereocenters. The molecule has 2 fully saturated rings. The topological polar surface area (TPSA) is 77.3 Å². The Labute approximate surface area is 164 Å². The van der Waals surface area contributed by atoms with Crippen molar-refractivity contribution in [3.8, 4) is 6.07 Å². The van der Waals surface area contributed by atoms with E-state index in [1.807, 2.05) is 29.2 Å². The first kappa shape index (κ1) is 18.2. The van der Waals surface area contributed by atoms with Crippen LogP contribution in [-0.2, 0) is 11.2 Å². The molecule has 4 rings (SSSR count). The number of amides is 2. The first-order chi connectivity index (χ1) is 13.6. The van der Waals surface area contributed by atoms with Crippen LogP contribution in [0.2, 0.25) is 0 Å². The average molecular weight is 374 g/mol. The lowest BCUT2D eigenvalue weighted by atomic mass is 9.85. The second kappa shape index (κ2) is 7.43. The summed E-state index contributed by atoms with van der Waals surface area (Å²) in [6, 6.07) is 15.3. The van der Waals surface area contributed by atoms with E-state index in [4.69, 9.17) is 5.26 Å². The summed E-state index contributed by atoms with van der Waals surface area (Å²) in [5.41, 5.74) is 1.54. The van der Waals surface area contributed by atoms with E-state index in [2.05, 4.69) is 17.1 Å². The van der Waals surface area contributed by atoms with E-state index >= 15 is 0 Å². The molecule has 1 aromatic carbocycles. The molecule has 2 saturated heterocycles. The van der Waals surface area contributed by atoms with Crippen molar-refractivity contribution in [2.75, 3.05) is 26.2 Å². The van der Waals surface area contributed by atoms with Crippen LogP contribution >= 0.6 is 0 Å². The highest BCUT2D eigenvalue weighted by molar-refractivity contribution is 5.95. The summed E-state index contributed by atoms with van der Waals surface area (Å²) < 4.78 is 0. The van der Waals surface area contributed by atoms with Crippen LogP contribution in [-0.4, -0.2) is 52.8 Å². The first-order valence-electron chi connectivity index (χ1n) is 9.60. The number of carbonyl (C=O) groups excluding carboxylic acids is 2. The highest BCUT2D eigenvalue weighted by Crippen LogP contribution is 2.41. The van der Waals surface area contributed by atoms with Crippen LogP contribution in [0.1, 0.15) is 34.5 Å². The maximum absolute atomic E-state index is 13.1. The van der Waals surface area contributed by atoms with Gasteiger partial charge in [0.1, 0.15) is 11.8 Å². The van der Waals surface area contributed by atoms with Gasteiger partial charge in [-0.25, -0.2) is 4.98 Å². The molecular weight excluding hydrogens is 352 g/mol. The van der Waals surface area contributed by atoms with Gasteiger partial charge in [0.05, 0.1) is 11.0 Å². The van der Waals surface area contributed by atoms with Crippen LogP contribution < -0.4 is 0 Å². The minimum atomic E-state index is -0.438. The Morgan fingerprint density at radius 2 is 1.93 bits per heavy atom. The molecule has 2 aliphatic rings. The molecule has 0 aliphatic carbocycles. The molecule has 0 N–H and O–H groups in total. The summed E-state index contributed by atoms with van der Waals surface area (Å²) in [5.74, 6) is 0.0566. The fourth-order valence-corrected chi connectivity index (χ4v) is 4.21. The van der Waals surface area contributed by atoms with E-state index in [9.17, 15) is 9.59 Å². The zero-order valence-electron chi connectivity index (χ0n) is 15.7. The number of rotatable bonds is 4. The van der Waals surface area contributed by atoms with Gasteiger partial charge < -0.3 is 9.80 Å². The third kappa shape index (κ3) is 3.36. The number of pyridine rings is 1. The standard InChI is InChI=1S/C22H22N4O2/c23-14-19-7-6-18(15-24-19)20(27)26-13-10-22(16-26)9-12-25(21(22)28)11-8-17-4-2-1-3-5-17/h1-7,15H,8-13,16H2. The Morgan fingerprint density at radius 1 is 1.14 bits per heavy atom. The third-order valence-electron chi connectivity index (χ3n) is 5.88. The maximum Gasteiger partial charge on any atom is 0.255 e. The van der Waals surface area contributed by atoms with Gasteiger partial charge in [-0.15, -0.1) is 0 Å². The molecule has 2 aliphatic heterocycles. The molecule has 3 heterocycles. The second-order valence-corrected chi connectivity index (χ2v) is 7.58. The fourth-order valence-electron chi connectivity index (χ4n) is 4.21. The van der Waals surface area contributed by atoms with Crippen LogP contribution in [0.3, 0.4) is 0 Å². The summed E-state index contributed by atoms with van der Waals surface area (Å²) in [6.45, 7) is 2.52.